The van der Waals surface area contributed by atoms with Crippen LogP contribution in [-0.4, -0.2) is 38.3 Å². The quantitative estimate of drug-likeness (QED) is 0.694. The van der Waals surface area contributed by atoms with E-state index in [-0.39, 0.29) is 16.8 Å². The molecule has 1 unspecified atom stereocenters. The van der Waals surface area contributed by atoms with Crippen molar-refractivity contribution in [1.29, 1.82) is 0 Å². The highest BCUT2D eigenvalue weighted by Gasteiger charge is 2.29. The monoisotopic (exact) mass is 492 g/mol. The van der Waals surface area contributed by atoms with Gasteiger partial charge in [-0.25, -0.2) is 8.42 Å². The second-order valence-corrected chi connectivity index (χ2v) is 10.6. The number of rotatable bonds is 4. The molecule has 160 valence electrons. The summed E-state index contributed by atoms with van der Waals surface area (Å²) < 4.78 is 34.4. The van der Waals surface area contributed by atoms with E-state index in [9.17, 15) is 13.2 Å². The van der Waals surface area contributed by atoms with Crippen LogP contribution in [0.2, 0.25) is 0 Å². The number of hydrogen-bond donors (Lipinski definition) is 1. The largest absolute Gasteiger partial charge is 0.493 e. The van der Waals surface area contributed by atoms with Gasteiger partial charge in [-0.05, 0) is 55.7 Å². The highest BCUT2D eigenvalue weighted by atomic mass is 79.9. The van der Waals surface area contributed by atoms with Gasteiger partial charge in [-0.3, -0.25) is 4.79 Å². The number of hydrogen-bond acceptors (Lipinski definition) is 4. The standard InChI is InChI=1S/C22H25BrN2O4S/c1-15-5-6-16(13-21(15)30(27,28)25-10-3-2-4-11-25)22(26)24-19-9-12-29-20-8-7-17(23)14-18(19)20/h5-8,13-14,19H,2-4,9-12H2,1H3,(H,24,26). The van der Waals surface area contributed by atoms with Crippen LogP contribution < -0.4 is 10.1 Å². The van der Waals surface area contributed by atoms with Gasteiger partial charge in [-0.1, -0.05) is 28.4 Å². The predicted octanol–water partition coefficient (Wildman–Crippen LogP) is 4.19. The normalized spacial score (nSPS) is 19.6. The summed E-state index contributed by atoms with van der Waals surface area (Å²) in [6, 6.07) is 10.4. The van der Waals surface area contributed by atoms with Crippen LogP contribution >= 0.6 is 15.9 Å². The van der Waals surface area contributed by atoms with Gasteiger partial charge in [0, 0.05) is 35.1 Å². The van der Waals surface area contributed by atoms with Crippen LogP contribution in [0.25, 0.3) is 0 Å². The zero-order chi connectivity index (χ0) is 21.3. The second kappa shape index (κ2) is 8.69. The lowest BCUT2D eigenvalue weighted by Crippen LogP contribution is -2.36. The lowest BCUT2D eigenvalue weighted by molar-refractivity contribution is 0.0924. The molecule has 0 aromatic heterocycles. The van der Waals surface area contributed by atoms with Crippen LogP contribution in [0, 0.1) is 6.92 Å². The fraction of sp³-hybridized carbons (Fsp3) is 0.409. The minimum Gasteiger partial charge on any atom is -0.493 e. The summed E-state index contributed by atoms with van der Waals surface area (Å²) >= 11 is 3.47. The number of amides is 1. The maximum absolute atomic E-state index is 13.1. The zero-order valence-electron chi connectivity index (χ0n) is 16.9. The number of carbonyl (C=O) groups is 1. The fourth-order valence-electron chi connectivity index (χ4n) is 4.02. The first-order chi connectivity index (χ1) is 14.4. The Labute approximate surface area is 185 Å². The van der Waals surface area contributed by atoms with Crippen LogP contribution in [0.5, 0.6) is 5.75 Å². The van der Waals surface area contributed by atoms with E-state index in [0.29, 0.717) is 37.2 Å². The molecule has 1 saturated heterocycles. The van der Waals surface area contributed by atoms with Crippen molar-refractivity contribution in [3.8, 4) is 5.75 Å². The lowest BCUT2D eigenvalue weighted by atomic mass is 10.00. The van der Waals surface area contributed by atoms with E-state index >= 15 is 0 Å². The van der Waals surface area contributed by atoms with E-state index in [1.807, 2.05) is 18.2 Å². The molecule has 2 aromatic carbocycles. The fourth-order valence-corrected chi connectivity index (χ4v) is 6.17. The Hall–Kier alpha value is -1.90. The highest BCUT2D eigenvalue weighted by molar-refractivity contribution is 9.10. The summed E-state index contributed by atoms with van der Waals surface area (Å²) in [5.74, 6) is 0.468. The molecule has 0 radical (unpaired) electrons. The van der Waals surface area contributed by atoms with Gasteiger partial charge in [0.15, 0.2) is 0 Å². The number of sulfonamides is 1. The van der Waals surface area contributed by atoms with Crippen molar-refractivity contribution in [2.75, 3.05) is 19.7 Å². The molecule has 0 spiro atoms. The number of nitrogens with zero attached hydrogens (tertiary/aromatic N) is 1. The minimum absolute atomic E-state index is 0.192. The molecule has 6 nitrogen and oxygen atoms in total. The smallest absolute Gasteiger partial charge is 0.251 e. The molecule has 0 aliphatic carbocycles. The third-order valence-electron chi connectivity index (χ3n) is 5.70. The van der Waals surface area contributed by atoms with Gasteiger partial charge in [0.2, 0.25) is 10.0 Å². The molecule has 1 fully saturated rings. The Morgan fingerprint density at radius 1 is 1.13 bits per heavy atom. The molecule has 1 N–H and O–H groups in total. The highest BCUT2D eigenvalue weighted by Crippen LogP contribution is 2.34. The third kappa shape index (κ3) is 4.26. The lowest BCUT2D eigenvalue weighted by Gasteiger charge is -2.28. The van der Waals surface area contributed by atoms with E-state index in [1.165, 1.54) is 10.4 Å². The van der Waals surface area contributed by atoms with Crippen molar-refractivity contribution >= 4 is 31.9 Å². The number of nitrogens with one attached hydrogen (secondary N) is 1. The van der Waals surface area contributed by atoms with Crippen LogP contribution in [-0.2, 0) is 10.0 Å². The topological polar surface area (TPSA) is 75.7 Å². The number of benzene rings is 2. The van der Waals surface area contributed by atoms with Crippen molar-refractivity contribution in [3.05, 3.63) is 57.6 Å². The Bertz CT molecular complexity index is 1060. The molecule has 2 aromatic rings. The summed E-state index contributed by atoms with van der Waals surface area (Å²) in [5.41, 5.74) is 1.91. The Balaban J connectivity index is 1.59. The molecule has 4 rings (SSSR count). The molecule has 1 amide bonds. The number of carbonyl (C=O) groups excluding carboxylic acids is 1. The van der Waals surface area contributed by atoms with Crippen LogP contribution in [0.1, 0.15) is 53.2 Å². The molecule has 2 aliphatic rings. The third-order valence-corrected chi connectivity index (χ3v) is 8.23. The second-order valence-electron chi connectivity index (χ2n) is 7.79. The molecule has 0 saturated carbocycles. The number of aryl methyl sites for hydroxylation is 1. The molecular weight excluding hydrogens is 468 g/mol. The molecule has 8 heteroatoms. The SMILES string of the molecule is Cc1ccc(C(=O)NC2CCOc3ccc(Br)cc32)cc1S(=O)(=O)N1CCCCC1. The molecular formula is C22H25BrN2O4S. The maximum atomic E-state index is 13.1. The van der Waals surface area contributed by atoms with Gasteiger partial charge in [0.25, 0.3) is 5.91 Å². The first-order valence-corrected chi connectivity index (χ1v) is 12.4. The van der Waals surface area contributed by atoms with E-state index in [0.717, 1.165) is 35.0 Å². The number of ether oxygens (including phenoxy) is 1. The van der Waals surface area contributed by atoms with Gasteiger partial charge < -0.3 is 10.1 Å². The summed E-state index contributed by atoms with van der Waals surface area (Å²) in [6.45, 7) is 3.35. The Morgan fingerprint density at radius 2 is 1.90 bits per heavy atom. The predicted molar refractivity (Wildman–Crippen MR) is 118 cm³/mol. The molecule has 2 aliphatic heterocycles. The zero-order valence-corrected chi connectivity index (χ0v) is 19.3. The van der Waals surface area contributed by atoms with Crippen LogP contribution in [0.4, 0.5) is 0 Å². The first kappa shape index (κ1) is 21.3. The van der Waals surface area contributed by atoms with E-state index in [2.05, 4.69) is 21.2 Å². The van der Waals surface area contributed by atoms with Gasteiger partial charge in [-0.15, -0.1) is 0 Å². The average molecular weight is 493 g/mol. The van der Waals surface area contributed by atoms with Crippen LogP contribution in [0.3, 0.4) is 0 Å². The molecule has 1 atom stereocenters. The summed E-state index contributed by atoms with van der Waals surface area (Å²) in [7, 11) is -3.61. The molecule has 0 bridgehead atoms. The Morgan fingerprint density at radius 3 is 2.67 bits per heavy atom. The van der Waals surface area contributed by atoms with Crippen molar-refractivity contribution in [1.82, 2.24) is 9.62 Å². The van der Waals surface area contributed by atoms with Crippen molar-refractivity contribution < 1.29 is 17.9 Å². The minimum atomic E-state index is -3.61. The van der Waals surface area contributed by atoms with E-state index in [1.54, 1.807) is 19.1 Å². The average Bonchev–Trinajstić information content (AvgIpc) is 2.75. The summed E-state index contributed by atoms with van der Waals surface area (Å²) in [4.78, 5) is 13.2. The maximum Gasteiger partial charge on any atom is 0.251 e. The van der Waals surface area contributed by atoms with Crippen LogP contribution in [0.15, 0.2) is 45.8 Å². The molecule has 30 heavy (non-hydrogen) atoms. The van der Waals surface area contributed by atoms with E-state index < -0.39 is 10.0 Å². The number of halogens is 1. The van der Waals surface area contributed by atoms with Gasteiger partial charge >= 0.3 is 0 Å². The van der Waals surface area contributed by atoms with Gasteiger partial charge in [-0.2, -0.15) is 4.31 Å². The molecule has 2 heterocycles. The summed E-state index contributed by atoms with van der Waals surface area (Å²) in [5, 5.41) is 3.05. The van der Waals surface area contributed by atoms with Crippen molar-refractivity contribution in [2.24, 2.45) is 0 Å². The Kier molecular flexibility index (Phi) is 6.18. The first-order valence-electron chi connectivity index (χ1n) is 10.2. The summed E-state index contributed by atoms with van der Waals surface area (Å²) in [6.07, 6.45) is 3.45. The van der Waals surface area contributed by atoms with Crippen molar-refractivity contribution in [2.45, 2.75) is 43.5 Å². The van der Waals surface area contributed by atoms with Gasteiger partial charge in [0.05, 0.1) is 17.5 Å². The van der Waals surface area contributed by atoms with Gasteiger partial charge in [0.1, 0.15) is 5.75 Å². The number of fused-ring (bicyclic) bond motifs is 1. The van der Waals surface area contributed by atoms with E-state index in [4.69, 9.17) is 4.74 Å². The number of piperidine rings is 1. The van der Waals surface area contributed by atoms with Crippen molar-refractivity contribution in [3.63, 3.8) is 0 Å².